The molecule has 13 heteroatoms. The van der Waals surface area contributed by atoms with E-state index in [1.807, 2.05) is 0 Å². The highest BCUT2D eigenvalue weighted by atomic mass is 19.4. The maximum atomic E-state index is 12.5. The van der Waals surface area contributed by atoms with Gasteiger partial charge < -0.3 is 15.0 Å². The number of carbonyl (C=O) groups is 2. The fourth-order valence-electron chi connectivity index (χ4n) is 3.59. The largest absolute Gasteiger partial charge is 0.434 e. The maximum absolute atomic E-state index is 12.5. The molecule has 1 N–H and O–H groups in total. The molecule has 3 rings (SSSR count). The number of ether oxygens (including phenoxy) is 1. The molecular formula is C17H18F6N4O3. The lowest BCUT2D eigenvalue weighted by molar-refractivity contribution is -0.308. The first kappa shape index (κ1) is 22.1. The lowest BCUT2D eigenvalue weighted by Crippen LogP contribution is -2.49. The zero-order chi connectivity index (χ0) is 22.3. The van der Waals surface area contributed by atoms with E-state index >= 15 is 0 Å². The number of hydrogen-bond donors (Lipinski definition) is 1. The number of nitrogens with zero attached hydrogens (tertiary/aromatic N) is 3. The van der Waals surface area contributed by atoms with Gasteiger partial charge in [0.1, 0.15) is 5.82 Å². The van der Waals surface area contributed by atoms with Gasteiger partial charge in [0.25, 0.3) is 6.10 Å². The van der Waals surface area contributed by atoms with E-state index in [2.05, 4.69) is 20.0 Å². The Balaban J connectivity index is 1.53. The molecule has 2 fully saturated rings. The van der Waals surface area contributed by atoms with E-state index in [1.54, 1.807) is 6.92 Å². The Hall–Kier alpha value is -2.60. The van der Waals surface area contributed by atoms with Crippen LogP contribution in [0, 0.1) is 18.3 Å². The molecule has 7 nitrogen and oxygen atoms in total. The Morgan fingerprint density at radius 2 is 1.67 bits per heavy atom. The molecule has 2 aliphatic rings. The quantitative estimate of drug-likeness (QED) is 0.728. The zero-order valence-electron chi connectivity index (χ0n) is 15.7. The van der Waals surface area contributed by atoms with Gasteiger partial charge in [-0.1, -0.05) is 0 Å². The van der Waals surface area contributed by atoms with E-state index in [4.69, 9.17) is 0 Å². The minimum Gasteiger partial charge on any atom is -0.426 e. The molecule has 30 heavy (non-hydrogen) atoms. The molecule has 1 saturated carbocycles. The Morgan fingerprint density at radius 3 is 2.17 bits per heavy atom. The third-order valence-corrected chi connectivity index (χ3v) is 5.39. The second kappa shape index (κ2) is 7.58. The van der Waals surface area contributed by atoms with Crippen LogP contribution in [-0.4, -0.2) is 58.4 Å². The number of aryl methyl sites for hydroxylation is 1. The predicted molar refractivity (Wildman–Crippen MR) is 89.1 cm³/mol. The van der Waals surface area contributed by atoms with Crippen LogP contribution in [-0.2, 0) is 9.53 Å². The summed E-state index contributed by atoms with van der Waals surface area (Å²) in [5, 5.41) is 2.68. The van der Waals surface area contributed by atoms with Crippen LogP contribution in [0.1, 0.15) is 25.1 Å². The van der Waals surface area contributed by atoms with Gasteiger partial charge >= 0.3 is 18.4 Å². The molecule has 0 aromatic carbocycles. The van der Waals surface area contributed by atoms with Gasteiger partial charge in [-0.15, -0.1) is 0 Å². The van der Waals surface area contributed by atoms with Crippen molar-refractivity contribution in [3.8, 4) is 0 Å². The average molecular weight is 440 g/mol. The van der Waals surface area contributed by atoms with Crippen molar-refractivity contribution in [1.29, 1.82) is 0 Å². The number of anilines is 1. The van der Waals surface area contributed by atoms with Crippen molar-refractivity contribution in [3.63, 3.8) is 0 Å². The summed E-state index contributed by atoms with van der Waals surface area (Å²) in [5.74, 6) is -0.101. The van der Waals surface area contributed by atoms with Gasteiger partial charge in [-0.2, -0.15) is 26.3 Å². The molecule has 0 radical (unpaired) electrons. The molecule has 0 bridgehead atoms. The fourth-order valence-corrected chi connectivity index (χ4v) is 3.59. The summed E-state index contributed by atoms with van der Waals surface area (Å²) in [4.78, 5) is 32.9. The normalized spacial score (nSPS) is 20.9. The summed E-state index contributed by atoms with van der Waals surface area (Å²) in [7, 11) is 0. The number of likely N-dealkylation sites (tertiary alicyclic amines) is 1. The van der Waals surface area contributed by atoms with Gasteiger partial charge in [-0.25, -0.2) is 14.8 Å². The van der Waals surface area contributed by atoms with Crippen molar-refractivity contribution in [3.05, 3.63) is 18.2 Å². The molecule has 1 saturated heterocycles. The second-order valence-electron chi connectivity index (χ2n) is 7.46. The van der Waals surface area contributed by atoms with Crippen LogP contribution in [0.5, 0.6) is 0 Å². The van der Waals surface area contributed by atoms with E-state index in [9.17, 15) is 35.9 Å². The minimum absolute atomic E-state index is 0.0985. The lowest BCUT2D eigenvalue weighted by Gasteiger charge is -2.33. The van der Waals surface area contributed by atoms with Crippen molar-refractivity contribution in [2.75, 3.05) is 18.4 Å². The van der Waals surface area contributed by atoms with Crippen molar-refractivity contribution >= 4 is 17.7 Å². The number of hydrogen-bond acceptors (Lipinski definition) is 5. The highest BCUT2D eigenvalue weighted by molar-refractivity contribution is 5.94. The smallest absolute Gasteiger partial charge is 0.426 e. The third-order valence-electron chi connectivity index (χ3n) is 5.39. The first-order chi connectivity index (χ1) is 13.8. The van der Waals surface area contributed by atoms with Crippen LogP contribution in [0.25, 0.3) is 0 Å². The van der Waals surface area contributed by atoms with E-state index < -0.39 is 30.0 Å². The topological polar surface area (TPSA) is 84.4 Å². The third kappa shape index (κ3) is 4.75. The van der Waals surface area contributed by atoms with Gasteiger partial charge in [0.05, 0.1) is 18.1 Å². The van der Waals surface area contributed by atoms with Crippen molar-refractivity contribution < 1.29 is 40.7 Å². The number of rotatable bonds is 3. The monoisotopic (exact) mass is 440 g/mol. The van der Waals surface area contributed by atoms with Gasteiger partial charge in [0.2, 0.25) is 5.91 Å². The van der Waals surface area contributed by atoms with Crippen LogP contribution in [0.4, 0.5) is 36.8 Å². The molecule has 1 atom stereocenters. The number of nitrogens with one attached hydrogen (secondary N) is 1. The van der Waals surface area contributed by atoms with Crippen molar-refractivity contribution in [1.82, 2.24) is 14.9 Å². The maximum Gasteiger partial charge on any atom is 0.434 e. The van der Waals surface area contributed by atoms with Gasteiger partial charge in [-0.3, -0.25) is 4.79 Å². The first-order valence-electron chi connectivity index (χ1n) is 9.00. The number of aromatic nitrogens is 2. The van der Waals surface area contributed by atoms with Crippen LogP contribution in [0.2, 0.25) is 0 Å². The molecule has 1 spiro atoms. The SMILES string of the molecule is Cc1ncc(NC(=O)[C@H]2CC23CCN(C(=O)OC(C(F)(F)F)C(F)(F)F)CC3)cn1. The van der Waals surface area contributed by atoms with Crippen LogP contribution in [0.15, 0.2) is 12.4 Å². The molecular weight excluding hydrogens is 422 g/mol. The molecule has 166 valence electrons. The standard InChI is InChI=1S/C17H18F6N4O3/c1-9-24-7-10(8-25-9)26-12(28)11-6-15(11)2-4-27(5-3-15)14(29)30-13(16(18,19)20)17(21,22)23/h7-8,11,13H,2-6H2,1H3,(H,26,28)/t11-/m1/s1. The summed E-state index contributed by atoms with van der Waals surface area (Å²) in [6, 6.07) is 0. The summed E-state index contributed by atoms with van der Waals surface area (Å²) in [5.41, 5.74) is -0.0149. The highest BCUT2D eigenvalue weighted by Gasteiger charge is 2.61. The highest BCUT2D eigenvalue weighted by Crippen LogP contribution is 2.59. The van der Waals surface area contributed by atoms with Gasteiger partial charge in [-0.05, 0) is 31.6 Å². The van der Waals surface area contributed by atoms with Crippen LogP contribution >= 0.6 is 0 Å². The first-order valence-corrected chi connectivity index (χ1v) is 9.00. The summed E-state index contributed by atoms with van der Waals surface area (Å²) < 4.78 is 79.0. The lowest BCUT2D eigenvalue weighted by atomic mass is 9.91. The Kier molecular flexibility index (Phi) is 5.58. The van der Waals surface area contributed by atoms with Crippen LogP contribution in [0.3, 0.4) is 0 Å². The number of amides is 2. The Labute approximate surface area is 166 Å². The molecule has 1 aliphatic heterocycles. The van der Waals surface area contributed by atoms with E-state index in [0.717, 1.165) is 4.90 Å². The van der Waals surface area contributed by atoms with E-state index in [0.29, 0.717) is 17.9 Å². The molecule has 0 unspecified atom stereocenters. The molecule has 1 aliphatic carbocycles. The molecule has 2 heterocycles. The Morgan fingerprint density at radius 1 is 1.13 bits per heavy atom. The van der Waals surface area contributed by atoms with Crippen molar-refractivity contribution in [2.24, 2.45) is 11.3 Å². The number of piperidine rings is 1. The molecule has 1 aromatic heterocycles. The summed E-state index contributed by atoms with van der Waals surface area (Å²) >= 11 is 0. The fraction of sp³-hybridized carbons (Fsp3) is 0.647. The Bertz CT molecular complexity index is 789. The minimum atomic E-state index is -5.76. The average Bonchev–Trinajstić information content (AvgIpc) is 3.33. The number of halogens is 6. The second-order valence-corrected chi connectivity index (χ2v) is 7.46. The van der Waals surface area contributed by atoms with E-state index in [-0.39, 0.29) is 37.8 Å². The predicted octanol–water partition coefficient (Wildman–Crippen LogP) is 3.46. The van der Waals surface area contributed by atoms with E-state index in [1.165, 1.54) is 12.4 Å². The number of carbonyl (C=O) groups excluding carboxylic acids is 2. The summed E-state index contributed by atoms with van der Waals surface area (Å²) in [6.45, 7) is 1.49. The van der Waals surface area contributed by atoms with Crippen molar-refractivity contribution in [2.45, 2.75) is 44.6 Å². The summed E-state index contributed by atoms with van der Waals surface area (Å²) in [6.07, 6.45) is -13.4. The molecule has 1 aromatic rings. The van der Waals surface area contributed by atoms with Crippen LogP contribution < -0.4 is 5.32 Å². The zero-order valence-corrected chi connectivity index (χ0v) is 15.7. The van der Waals surface area contributed by atoms with Gasteiger partial charge in [0.15, 0.2) is 0 Å². The molecule has 2 amide bonds. The van der Waals surface area contributed by atoms with Gasteiger partial charge in [0, 0.05) is 19.0 Å². The number of alkyl halides is 6.